The van der Waals surface area contributed by atoms with Crippen molar-refractivity contribution in [3.63, 3.8) is 0 Å². The Hall–Kier alpha value is -2.24. The molecule has 0 unspecified atom stereocenters. The van der Waals surface area contributed by atoms with E-state index >= 15 is 0 Å². The Morgan fingerprint density at radius 1 is 1.15 bits per heavy atom. The van der Waals surface area contributed by atoms with Gasteiger partial charge in [-0.05, 0) is 58.6 Å². The number of aryl methyl sites for hydroxylation is 2. The predicted molar refractivity (Wildman–Crippen MR) is 100 cm³/mol. The summed E-state index contributed by atoms with van der Waals surface area (Å²) in [6.07, 6.45) is 1.03. The molecule has 144 valence electrons. The first-order valence-corrected chi connectivity index (χ1v) is 9.12. The first-order valence-electron chi connectivity index (χ1n) is 9.12. The molecule has 1 N–H and O–H groups in total. The lowest BCUT2D eigenvalue weighted by Gasteiger charge is -2.32. The second kappa shape index (κ2) is 8.43. The van der Waals surface area contributed by atoms with Gasteiger partial charge in [0.2, 0.25) is 0 Å². The molecular formula is C20H30N2O4. The number of carbonyl (C=O) groups excluding carboxylic acids is 2. The van der Waals surface area contributed by atoms with Crippen molar-refractivity contribution < 1.29 is 19.1 Å². The van der Waals surface area contributed by atoms with E-state index in [1.165, 1.54) is 0 Å². The number of alkyl carbamates (subject to hydrolysis) is 1. The fraction of sp³-hybridized carbons (Fsp3) is 0.600. The number of nitrogens with zero attached hydrogens (tertiary/aromatic N) is 1. The van der Waals surface area contributed by atoms with Crippen LogP contribution in [0.3, 0.4) is 0 Å². The van der Waals surface area contributed by atoms with E-state index in [-0.39, 0.29) is 18.6 Å². The van der Waals surface area contributed by atoms with Gasteiger partial charge in [0.1, 0.15) is 11.4 Å². The number of rotatable bonds is 4. The molecule has 0 atom stereocenters. The Morgan fingerprint density at radius 3 is 2.27 bits per heavy atom. The van der Waals surface area contributed by atoms with Crippen LogP contribution >= 0.6 is 0 Å². The predicted octanol–water partition coefficient (Wildman–Crippen LogP) is 3.20. The second-order valence-corrected chi connectivity index (χ2v) is 7.81. The van der Waals surface area contributed by atoms with Crippen molar-refractivity contribution in [2.75, 3.05) is 19.7 Å². The molecule has 6 heteroatoms. The molecule has 6 nitrogen and oxygen atoms in total. The van der Waals surface area contributed by atoms with Crippen molar-refractivity contribution in [1.82, 2.24) is 10.2 Å². The zero-order valence-corrected chi connectivity index (χ0v) is 16.4. The Morgan fingerprint density at radius 2 is 1.73 bits per heavy atom. The lowest BCUT2D eigenvalue weighted by atomic mass is 10.1. The van der Waals surface area contributed by atoms with Crippen molar-refractivity contribution >= 4 is 12.0 Å². The summed E-state index contributed by atoms with van der Waals surface area (Å²) in [6, 6.07) is 5.96. The van der Waals surface area contributed by atoms with Gasteiger partial charge < -0.3 is 19.7 Å². The normalized spacial score (nSPS) is 15.5. The molecule has 0 aliphatic carbocycles. The van der Waals surface area contributed by atoms with Gasteiger partial charge >= 0.3 is 6.09 Å². The van der Waals surface area contributed by atoms with Gasteiger partial charge in [-0.1, -0.05) is 18.2 Å². The Kier molecular flexibility index (Phi) is 6.51. The van der Waals surface area contributed by atoms with Gasteiger partial charge in [-0.25, -0.2) is 4.79 Å². The van der Waals surface area contributed by atoms with Crippen LogP contribution in [0.1, 0.15) is 44.7 Å². The van der Waals surface area contributed by atoms with E-state index in [1.54, 1.807) is 4.90 Å². The Balaban J connectivity index is 1.77. The molecular weight excluding hydrogens is 332 g/mol. The maximum absolute atomic E-state index is 12.4. The molecule has 26 heavy (non-hydrogen) atoms. The Labute approximate surface area is 155 Å². The first kappa shape index (κ1) is 20.1. The minimum atomic E-state index is -0.508. The largest absolute Gasteiger partial charge is 0.483 e. The summed E-state index contributed by atoms with van der Waals surface area (Å²) in [4.78, 5) is 26.0. The van der Waals surface area contributed by atoms with Gasteiger partial charge in [0.15, 0.2) is 6.61 Å². The fourth-order valence-corrected chi connectivity index (χ4v) is 3.00. The monoisotopic (exact) mass is 362 g/mol. The van der Waals surface area contributed by atoms with E-state index in [1.807, 2.05) is 52.8 Å². The zero-order valence-electron chi connectivity index (χ0n) is 16.4. The van der Waals surface area contributed by atoms with Gasteiger partial charge in [-0.2, -0.15) is 0 Å². The summed E-state index contributed by atoms with van der Waals surface area (Å²) in [5.41, 5.74) is 1.54. The number of hydrogen-bond acceptors (Lipinski definition) is 4. The summed E-state index contributed by atoms with van der Waals surface area (Å²) >= 11 is 0. The number of nitrogens with one attached hydrogen (secondary N) is 1. The van der Waals surface area contributed by atoms with E-state index < -0.39 is 11.7 Å². The molecule has 0 spiro atoms. The average Bonchev–Trinajstić information content (AvgIpc) is 2.53. The molecule has 2 rings (SSSR count). The van der Waals surface area contributed by atoms with Gasteiger partial charge in [-0.15, -0.1) is 0 Å². The van der Waals surface area contributed by atoms with Crippen LogP contribution in [0.25, 0.3) is 0 Å². The molecule has 1 fully saturated rings. The molecule has 0 aromatic heterocycles. The van der Waals surface area contributed by atoms with Crippen LogP contribution in [-0.2, 0) is 9.53 Å². The highest BCUT2D eigenvalue weighted by molar-refractivity contribution is 5.78. The number of hydrogen-bond donors (Lipinski definition) is 1. The van der Waals surface area contributed by atoms with Gasteiger partial charge in [-0.3, -0.25) is 4.79 Å². The molecule has 0 bridgehead atoms. The maximum atomic E-state index is 12.4. The van der Waals surface area contributed by atoms with Crippen molar-refractivity contribution in [2.24, 2.45) is 0 Å². The molecule has 1 aliphatic rings. The SMILES string of the molecule is Cc1cccc(C)c1OCC(=O)N1CCC(NC(=O)OC(C)(C)C)CC1. The van der Waals surface area contributed by atoms with Gasteiger partial charge in [0.25, 0.3) is 5.91 Å². The highest BCUT2D eigenvalue weighted by Crippen LogP contribution is 2.22. The summed E-state index contributed by atoms with van der Waals surface area (Å²) in [5.74, 6) is 0.755. The second-order valence-electron chi connectivity index (χ2n) is 7.81. The van der Waals surface area contributed by atoms with Crippen LogP contribution in [-0.4, -0.2) is 48.2 Å². The summed E-state index contributed by atoms with van der Waals surface area (Å²) in [6.45, 7) is 10.7. The van der Waals surface area contributed by atoms with Gasteiger partial charge in [0.05, 0.1) is 0 Å². The fourth-order valence-electron chi connectivity index (χ4n) is 3.00. The van der Waals surface area contributed by atoms with Crippen LogP contribution in [0.2, 0.25) is 0 Å². The van der Waals surface area contributed by atoms with Crippen molar-refractivity contribution in [3.05, 3.63) is 29.3 Å². The third-order valence-electron chi connectivity index (χ3n) is 4.32. The van der Waals surface area contributed by atoms with Crippen LogP contribution in [0.5, 0.6) is 5.75 Å². The van der Waals surface area contributed by atoms with Crippen LogP contribution < -0.4 is 10.1 Å². The standard InChI is InChI=1S/C20H30N2O4/c1-14-7-6-8-15(2)18(14)25-13-17(23)22-11-9-16(10-12-22)21-19(24)26-20(3,4)5/h6-8,16H,9-13H2,1-5H3,(H,21,24). The van der Waals surface area contributed by atoms with Crippen molar-refractivity contribution in [2.45, 2.75) is 59.1 Å². The molecule has 1 aromatic carbocycles. The lowest BCUT2D eigenvalue weighted by Crippen LogP contribution is -2.48. The smallest absolute Gasteiger partial charge is 0.407 e. The number of amides is 2. The van der Waals surface area contributed by atoms with Crippen molar-refractivity contribution in [3.8, 4) is 5.75 Å². The molecule has 2 amide bonds. The van der Waals surface area contributed by atoms with E-state index in [2.05, 4.69) is 5.32 Å². The van der Waals surface area contributed by atoms with E-state index in [0.717, 1.165) is 16.9 Å². The number of piperidine rings is 1. The highest BCUT2D eigenvalue weighted by Gasteiger charge is 2.26. The summed E-state index contributed by atoms with van der Waals surface area (Å²) in [7, 11) is 0. The number of benzene rings is 1. The molecule has 1 saturated heterocycles. The summed E-state index contributed by atoms with van der Waals surface area (Å²) in [5, 5.41) is 2.88. The molecule has 1 aliphatic heterocycles. The third kappa shape index (κ3) is 5.93. The number of likely N-dealkylation sites (tertiary alicyclic amines) is 1. The van der Waals surface area contributed by atoms with E-state index in [0.29, 0.717) is 25.9 Å². The quantitative estimate of drug-likeness (QED) is 0.893. The molecule has 1 heterocycles. The van der Waals surface area contributed by atoms with Crippen LogP contribution in [0.15, 0.2) is 18.2 Å². The summed E-state index contributed by atoms with van der Waals surface area (Å²) < 4.78 is 11.0. The van der Waals surface area contributed by atoms with Crippen molar-refractivity contribution in [1.29, 1.82) is 0 Å². The molecule has 0 radical (unpaired) electrons. The minimum Gasteiger partial charge on any atom is -0.483 e. The van der Waals surface area contributed by atoms with Crippen LogP contribution in [0, 0.1) is 13.8 Å². The zero-order chi connectivity index (χ0) is 19.3. The first-order chi connectivity index (χ1) is 12.2. The van der Waals surface area contributed by atoms with E-state index in [4.69, 9.17) is 9.47 Å². The Bertz CT molecular complexity index is 623. The van der Waals surface area contributed by atoms with Gasteiger partial charge in [0, 0.05) is 19.1 Å². The lowest BCUT2D eigenvalue weighted by molar-refractivity contribution is -0.134. The number of para-hydroxylation sites is 1. The number of carbonyl (C=O) groups is 2. The topological polar surface area (TPSA) is 67.9 Å². The number of ether oxygens (including phenoxy) is 2. The third-order valence-corrected chi connectivity index (χ3v) is 4.32. The molecule has 0 saturated carbocycles. The highest BCUT2D eigenvalue weighted by atomic mass is 16.6. The minimum absolute atomic E-state index is 0.0247. The molecule has 1 aromatic rings. The van der Waals surface area contributed by atoms with E-state index in [9.17, 15) is 9.59 Å². The average molecular weight is 362 g/mol. The maximum Gasteiger partial charge on any atom is 0.407 e. The van der Waals surface area contributed by atoms with Crippen LogP contribution in [0.4, 0.5) is 4.79 Å².